The topological polar surface area (TPSA) is 173 Å². The average Bonchev–Trinajstić information content (AvgIpc) is 2.38. The van der Waals surface area contributed by atoms with Crippen LogP contribution >= 0.6 is 0 Å². The van der Waals surface area contributed by atoms with Crippen LogP contribution in [0, 0.1) is 16.7 Å². The largest absolute Gasteiger partial charge is 0.478 e. The molecule has 102 valence electrons. The maximum Gasteiger partial charge on any atom is 0.336 e. The van der Waals surface area contributed by atoms with E-state index in [4.69, 9.17) is 26.6 Å². The van der Waals surface area contributed by atoms with Crippen LogP contribution in [0.2, 0.25) is 0 Å². The van der Waals surface area contributed by atoms with Crippen LogP contribution in [0.4, 0.5) is 5.69 Å². The molecule has 6 N–H and O–H groups in total. The number of carbonyl (C=O) groups is 2. The van der Waals surface area contributed by atoms with E-state index in [0.29, 0.717) is 0 Å². The number of nitrogens with two attached hydrogens (primary N) is 1. The van der Waals surface area contributed by atoms with Crippen molar-refractivity contribution in [1.29, 1.82) is 10.7 Å². The number of carboxylic acids is 2. The van der Waals surface area contributed by atoms with Crippen molar-refractivity contribution in [3.05, 3.63) is 29.3 Å². The predicted octanol–water partition coefficient (Wildman–Crippen LogP) is 0.310. The van der Waals surface area contributed by atoms with E-state index in [9.17, 15) is 9.59 Å². The summed E-state index contributed by atoms with van der Waals surface area (Å²) in [6.07, 6.45) is 0. The first-order valence-corrected chi connectivity index (χ1v) is 5.05. The fourth-order valence-corrected chi connectivity index (χ4v) is 1.24. The Bertz CT molecular complexity index is 659. The first-order chi connectivity index (χ1) is 9.36. The van der Waals surface area contributed by atoms with Gasteiger partial charge in [-0.05, 0) is 18.2 Å². The van der Waals surface area contributed by atoms with Crippen molar-refractivity contribution in [3.8, 4) is 6.07 Å². The number of hydrogen-bond donors (Lipinski definition) is 5. The number of nitrogens with zero attached hydrogens (tertiary/aromatic N) is 2. The smallest absolute Gasteiger partial charge is 0.336 e. The molecule has 0 aliphatic heterocycles. The minimum Gasteiger partial charge on any atom is -0.478 e. The molecule has 0 saturated heterocycles. The molecule has 0 unspecified atom stereocenters. The number of benzene rings is 1. The predicted molar refractivity (Wildman–Crippen MR) is 68.9 cm³/mol. The second-order valence-electron chi connectivity index (χ2n) is 3.47. The van der Waals surface area contributed by atoms with Crippen molar-refractivity contribution in [3.63, 3.8) is 0 Å². The zero-order valence-corrected chi connectivity index (χ0v) is 9.91. The minimum absolute atomic E-state index is 0.140. The molecule has 0 amide bonds. The SMILES string of the molecule is N#C/C(=N\Nc1ccc(C(=O)O)c(C(=O)O)c1)C(=N)N. The van der Waals surface area contributed by atoms with Gasteiger partial charge >= 0.3 is 11.9 Å². The maximum absolute atomic E-state index is 10.9. The second-order valence-corrected chi connectivity index (χ2v) is 3.47. The van der Waals surface area contributed by atoms with Crippen LogP contribution in [0.1, 0.15) is 20.7 Å². The van der Waals surface area contributed by atoms with Crippen LogP contribution in [0.25, 0.3) is 0 Å². The van der Waals surface area contributed by atoms with Crippen LogP contribution < -0.4 is 11.2 Å². The average molecular weight is 275 g/mol. The van der Waals surface area contributed by atoms with Gasteiger partial charge in [0.2, 0.25) is 5.71 Å². The quantitative estimate of drug-likeness (QED) is 0.292. The summed E-state index contributed by atoms with van der Waals surface area (Å²) < 4.78 is 0. The third-order valence-corrected chi connectivity index (χ3v) is 2.14. The molecule has 0 bridgehead atoms. The Hall–Kier alpha value is -3.41. The summed E-state index contributed by atoms with van der Waals surface area (Å²) in [5.74, 6) is -3.35. The van der Waals surface area contributed by atoms with Gasteiger partial charge in [0.25, 0.3) is 0 Å². The highest BCUT2D eigenvalue weighted by molar-refractivity contribution is 6.45. The van der Waals surface area contributed by atoms with Crippen LogP contribution in [-0.2, 0) is 0 Å². The summed E-state index contributed by atoms with van der Waals surface area (Å²) in [5.41, 5.74) is 6.35. The molecule has 1 rings (SSSR count). The molecule has 0 fully saturated rings. The Labute approximate surface area is 112 Å². The van der Waals surface area contributed by atoms with E-state index in [1.54, 1.807) is 6.07 Å². The van der Waals surface area contributed by atoms with Crippen molar-refractivity contribution >= 4 is 29.2 Å². The van der Waals surface area contributed by atoms with Crippen molar-refractivity contribution in [1.82, 2.24) is 0 Å². The molecule has 0 radical (unpaired) electrons. The Balaban J connectivity index is 3.14. The Morgan fingerprint density at radius 2 is 1.90 bits per heavy atom. The van der Waals surface area contributed by atoms with Gasteiger partial charge in [0.1, 0.15) is 6.07 Å². The van der Waals surface area contributed by atoms with Crippen LogP contribution in [0.15, 0.2) is 23.3 Å². The van der Waals surface area contributed by atoms with Gasteiger partial charge in [-0.25, -0.2) is 9.59 Å². The molecule has 1 aromatic rings. The van der Waals surface area contributed by atoms with E-state index >= 15 is 0 Å². The zero-order chi connectivity index (χ0) is 15.3. The molecule has 0 aliphatic carbocycles. The fraction of sp³-hybridized carbons (Fsp3) is 0. The molecule has 0 aliphatic rings. The molecule has 9 nitrogen and oxygen atoms in total. The number of rotatable bonds is 5. The van der Waals surface area contributed by atoms with E-state index in [1.807, 2.05) is 0 Å². The Morgan fingerprint density at radius 3 is 2.35 bits per heavy atom. The van der Waals surface area contributed by atoms with E-state index in [1.165, 1.54) is 6.07 Å². The van der Waals surface area contributed by atoms with Gasteiger partial charge in [0, 0.05) is 0 Å². The molecule has 9 heteroatoms. The molecule has 0 saturated carbocycles. The summed E-state index contributed by atoms with van der Waals surface area (Å²) >= 11 is 0. The first-order valence-electron chi connectivity index (χ1n) is 5.05. The fourth-order valence-electron chi connectivity index (χ4n) is 1.24. The summed E-state index contributed by atoms with van der Waals surface area (Å²) in [7, 11) is 0. The number of hydrogen-bond acceptors (Lipinski definition) is 6. The number of carboxylic acid groups (broad SMARTS) is 2. The number of nitriles is 1. The molecular formula is C11H9N5O4. The highest BCUT2D eigenvalue weighted by Crippen LogP contribution is 2.16. The van der Waals surface area contributed by atoms with Crippen LogP contribution in [0.3, 0.4) is 0 Å². The van der Waals surface area contributed by atoms with Crippen LogP contribution in [0.5, 0.6) is 0 Å². The van der Waals surface area contributed by atoms with Crippen molar-refractivity contribution in [2.24, 2.45) is 10.8 Å². The highest BCUT2D eigenvalue weighted by Gasteiger charge is 2.16. The van der Waals surface area contributed by atoms with E-state index in [2.05, 4.69) is 10.5 Å². The lowest BCUT2D eigenvalue weighted by Gasteiger charge is -2.05. The minimum atomic E-state index is -1.41. The molecule has 0 aromatic heterocycles. The van der Waals surface area contributed by atoms with E-state index in [-0.39, 0.29) is 17.0 Å². The summed E-state index contributed by atoms with van der Waals surface area (Å²) in [6.45, 7) is 0. The van der Waals surface area contributed by atoms with Gasteiger partial charge in [-0.15, -0.1) is 0 Å². The third-order valence-electron chi connectivity index (χ3n) is 2.14. The number of amidine groups is 1. The van der Waals surface area contributed by atoms with Gasteiger partial charge in [0.05, 0.1) is 16.8 Å². The van der Waals surface area contributed by atoms with E-state index in [0.717, 1.165) is 12.1 Å². The maximum atomic E-state index is 10.9. The van der Waals surface area contributed by atoms with Gasteiger partial charge in [0.15, 0.2) is 5.84 Å². The van der Waals surface area contributed by atoms with Crippen LogP contribution in [-0.4, -0.2) is 33.7 Å². The van der Waals surface area contributed by atoms with Crippen molar-refractivity contribution < 1.29 is 19.8 Å². The second kappa shape index (κ2) is 5.96. The van der Waals surface area contributed by atoms with Crippen molar-refractivity contribution in [2.45, 2.75) is 0 Å². The lowest BCUT2D eigenvalue weighted by atomic mass is 10.1. The van der Waals surface area contributed by atoms with Gasteiger partial charge in [-0.1, -0.05) is 0 Å². The molecule has 1 aromatic carbocycles. The molecule has 20 heavy (non-hydrogen) atoms. The van der Waals surface area contributed by atoms with Gasteiger partial charge in [-0.3, -0.25) is 10.8 Å². The standard InChI is InChI=1S/C11H9N5O4/c12-4-8(9(13)14)16-15-5-1-2-6(10(17)18)7(3-5)11(19)20/h1-3,15H,(H3,13,14)(H,17,18)(H,19,20)/b16-8+. The molecule has 0 heterocycles. The number of aromatic carboxylic acids is 2. The third kappa shape index (κ3) is 3.30. The lowest BCUT2D eigenvalue weighted by molar-refractivity contribution is 0.0651. The molecular weight excluding hydrogens is 266 g/mol. The summed E-state index contributed by atoms with van der Waals surface area (Å²) in [4.78, 5) is 21.8. The van der Waals surface area contributed by atoms with Gasteiger partial charge < -0.3 is 15.9 Å². The molecule has 0 spiro atoms. The van der Waals surface area contributed by atoms with Crippen molar-refractivity contribution in [2.75, 3.05) is 5.43 Å². The Kier molecular flexibility index (Phi) is 4.37. The number of nitrogens with one attached hydrogen (secondary N) is 2. The monoisotopic (exact) mass is 275 g/mol. The zero-order valence-electron chi connectivity index (χ0n) is 9.91. The number of anilines is 1. The van der Waals surface area contributed by atoms with Gasteiger partial charge in [-0.2, -0.15) is 10.4 Å². The Morgan fingerprint density at radius 1 is 1.30 bits per heavy atom. The number of hydrazone groups is 1. The first kappa shape index (κ1) is 14.7. The molecule has 0 atom stereocenters. The normalized spacial score (nSPS) is 10.4. The summed E-state index contributed by atoms with van der Waals surface area (Å²) in [5, 5.41) is 36.9. The highest BCUT2D eigenvalue weighted by atomic mass is 16.4. The summed E-state index contributed by atoms with van der Waals surface area (Å²) in [6, 6.07) is 4.97. The lowest BCUT2D eigenvalue weighted by Crippen LogP contribution is -2.21. The van der Waals surface area contributed by atoms with E-state index < -0.39 is 23.3 Å².